The van der Waals surface area contributed by atoms with Gasteiger partial charge in [0, 0.05) is 11.8 Å². The van der Waals surface area contributed by atoms with Crippen LogP contribution in [0.25, 0.3) is 0 Å². The lowest BCUT2D eigenvalue weighted by atomic mass is 9.92. The molecule has 3 rings (SSSR count). The molecule has 0 saturated carbocycles. The summed E-state index contributed by atoms with van der Waals surface area (Å²) >= 11 is 5.33. The molecule has 1 amide bonds. The van der Waals surface area contributed by atoms with Crippen molar-refractivity contribution in [2.45, 2.75) is 26.8 Å². The standard InChI is InChI=1S/C22H25N3O3S/c1-12-6-7-15(10-13(12)2)20-19(14(3)23-22(29)25-20)21(26)24-17-9-8-16(27-4)11-18(17)28-5/h6-11,20H,1-5H3,(H,24,26)(H2,23,25,29). The molecule has 1 aliphatic rings. The van der Waals surface area contributed by atoms with Crippen molar-refractivity contribution in [3.05, 3.63) is 64.4 Å². The fraction of sp³-hybridized carbons (Fsp3) is 0.273. The normalized spacial score (nSPS) is 16.0. The Hall–Kier alpha value is -3.06. The van der Waals surface area contributed by atoms with Crippen molar-refractivity contribution >= 4 is 28.9 Å². The average Bonchev–Trinajstić information content (AvgIpc) is 2.69. The zero-order valence-corrected chi connectivity index (χ0v) is 18.0. The van der Waals surface area contributed by atoms with Crippen molar-refractivity contribution in [2.75, 3.05) is 19.5 Å². The van der Waals surface area contributed by atoms with Crippen LogP contribution in [0, 0.1) is 13.8 Å². The van der Waals surface area contributed by atoms with Crippen molar-refractivity contribution in [1.82, 2.24) is 10.6 Å². The number of anilines is 1. The summed E-state index contributed by atoms with van der Waals surface area (Å²) in [5.74, 6) is 0.928. The van der Waals surface area contributed by atoms with Crippen LogP contribution in [0.5, 0.6) is 11.5 Å². The zero-order valence-electron chi connectivity index (χ0n) is 17.2. The van der Waals surface area contributed by atoms with E-state index in [-0.39, 0.29) is 11.9 Å². The Morgan fingerprint density at radius 3 is 2.45 bits per heavy atom. The van der Waals surface area contributed by atoms with Crippen molar-refractivity contribution in [3.8, 4) is 11.5 Å². The van der Waals surface area contributed by atoms with E-state index in [2.05, 4.69) is 41.9 Å². The van der Waals surface area contributed by atoms with Gasteiger partial charge in [0.1, 0.15) is 11.5 Å². The second-order valence-electron chi connectivity index (χ2n) is 6.93. The van der Waals surface area contributed by atoms with Gasteiger partial charge in [-0.05, 0) is 61.8 Å². The number of allylic oxidation sites excluding steroid dienone is 1. The molecule has 2 aromatic carbocycles. The lowest BCUT2D eigenvalue weighted by Gasteiger charge is -2.30. The summed E-state index contributed by atoms with van der Waals surface area (Å²) in [7, 11) is 3.13. The van der Waals surface area contributed by atoms with E-state index in [0.717, 1.165) is 11.1 Å². The van der Waals surface area contributed by atoms with Gasteiger partial charge in [-0.15, -0.1) is 0 Å². The van der Waals surface area contributed by atoms with E-state index in [4.69, 9.17) is 21.7 Å². The summed E-state index contributed by atoms with van der Waals surface area (Å²) in [5, 5.41) is 9.72. The highest BCUT2D eigenvalue weighted by Gasteiger charge is 2.30. The van der Waals surface area contributed by atoms with Crippen LogP contribution in [0.2, 0.25) is 0 Å². The fourth-order valence-corrected chi connectivity index (χ4v) is 3.55. The molecule has 152 valence electrons. The van der Waals surface area contributed by atoms with Gasteiger partial charge < -0.3 is 25.4 Å². The summed E-state index contributed by atoms with van der Waals surface area (Å²) in [6.45, 7) is 5.96. The van der Waals surface area contributed by atoms with Gasteiger partial charge in [-0.1, -0.05) is 18.2 Å². The number of rotatable bonds is 5. The molecule has 0 spiro atoms. The molecule has 0 aliphatic carbocycles. The SMILES string of the molecule is COc1ccc(NC(=O)C2=C(C)NC(=S)NC2c2ccc(C)c(C)c2)c(OC)c1. The van der Waals surface area contributed by atoms with Crippen LogP contribution < -0.4 is 25.4 Å². The maximum Gasteiger partial charge on any atom is 0.255 e. The Balaban J connectivity index is 1.97. The number of thiocarbonyl (C=S) groups is 1. The minimum absolute atomic E-state index is 0.239. The van der Waals surface area contributed by atoms with Gasteiger partial charge in [0.05, 0.1) is 31.5 Å². The highest BCUT2D eigenvalue weighted by molar-refractivity contribution is 7.80. The lowest BCUT2D eigenvalue weighted by Crippen LogP contribution is -2.45. The number of carbonyl (C=O) groups is 1. The van der Waals surface area contributed by atoms with Crippen LogP contribution in [0.4, 0.5) is 5.69 Å². The Bertz CT molecular complexity index is 1000. The summed E-state index contributed by atoms with van der Waals surface area (Å²) in [6, 6.07) is 11.0. The van der Waals surface area contributed by atoms with E-state index in [0.29, 0.717) is 33.6 Å². The average molecular weight is 412 g/mol. The summed E-state index contributed by atoms with van der Waals surface area (Å²) in [4.78, 5) is 13.3. The molecule has 1 atom stereocenters. The van der Waals surface area contributed by atoms with Crippen molar-refractivity contribution in [1.29, 1.82) is 0 Å². The first kappa shape index (κ1) is 20.7. The third-order valence-corrected chi connectivity index (χ3v) is 5.25. The summed E-state index contributed by atoms with van der Waals surface area (Å²) in [5.41, 5.74) is 5.17. The first-order valence-electron chi connectivity index (χ1n) is 9.23. The van der Waals surface area contributed by atoms with E-state index in [9.17, 15) is 4.79 Å². The number of amides is 1. The van der Waals surface area contributed by atoms with Crippen molar-refractivity contribution in [3.63, 3.8) is 0 Å². The highest BCUT2D eigenvalue weighted by atomic mass is 32.1. The highest BCUT2D eigenvalue weighted by Crippen LogP contribution is 2.32. The van der Waals surface area contributed by atoms with E-state index in [1.165, 1.54) is 5.56 Å². The maximum absolute atomic E-state index is 13.3. The van der Waals surface area contributed by atoms with Gasteiger partial charge in [-0.3, -0.25) is 4.79 Å². The third-order valence-electron chi connectivity index (χ3n) is 5.03. The lowest BCUT2D eigenvalue weighted by molar-refractivity contribution is -0.113. The van der Waals surface area contributed by atoms with Crippen LogP contribution in [0.15, 0.2) is 47.7 Å². The molecule has 0 aromatic heterocycles. The molecule has 0 fully saturated rings. The van der Waals surface area contributed by atoms with Gasteiger partial charge >= 0.3 is 0 Å². The fourth-order valence-electron chi connectivity index (χ4n) is 3.28. The topological polar surface area (TPSA) is 71.6 Å². The van der Waals surface area contributed by atoms with Crippen molar-refractivity contribution < 1.29 is 14.3 Å². The van der Waals surface area contributed by atoms with E-state index < -0.39 is 0 Å². The number of aryl methyl sites for hydroxylation is 2. The largest absolute Gasteiger partial charge is 0.497 e. The van der Waals surface area contributed by atoms with Gasteiger partial charge in [0.25, 0.3) is 5.91 Å². The van der Waals surface area contributed by atoms with Crippen LogP contribution in [-0.2, 0) is 4.79 Å². The number of nitrogens with one attached hydrogen (secondary N) is 3. The summed E-state index contributed by atoms with van der Waals surface area (Å²) in [6.07, 6.45) is 0. The molecule has 0 radical (unpaired) electrons. The molecular weight excluding hydrogens is 386 g/mol. The molecule has 29 heavy (non-hydrogen) atoms. The first-order chi connectivity index (χ1) is 13.8. The molecule has 0 bridgehead atoms. The Kier molecular flexibility index (Phi) is 6.08. The number of hydrogen-bond acceptors (Lipinski definition) is 4. The second-order valence-corrected chi connectivity index (χ2v) is 7.34. The number of hydrogen-bond donors (Lipinski definition) is 3. The van der Waals surface area contributed by atoms with Gasteiger partial charge in [0.15, 0.2) is 5.11 Å². The molecule has 7 heteroatoms. The number of benzene rings is 2. The Morgan fingerprint density at radius 1 is 1.03 bits per heavy atom. The minimum Gasteiger partial charge on any atom is -0.497 e. The molecular formula is C22H25N3O3S. The van der Waals surface area contributed by atoms with Gasteiger partial charge in [0.2, 0.25) is 0 Å². The molecule has 1 heterocycles. The second kappa shape index (κ2) is 8.53. The third kappa shape index (κ3) is 4.35. The quantitative estimate of drug-likeness (QED) is 0.651. The molecule has 0 saturated heterocycles. The molecule has 2 aromatic rings. The van der Waals surface area contributed by atoms with E-state index >= 15 is 0 Å². The Labute approximate surface area is 176 Å². The molecule has 1 aliphatic heterocycles. The molecule has 3 N–H and O–H groups in total. The predicted molar refractivity (Wildman–Crippen MR) is 118 cm³/mol. The van der Waals surface area contributed by atoms with E-state index in [1.807, 2.05) is 13.0 Å². The number of methoxy groups -OCH3 is 2. The van der Waals surface area contributed by atoms with Crippen LogP contribution in [-0.4, -0.2) is 25.2 Å². The van der Waals surface area contributed by atoms with Crippen molar-refractivity contribution in [2.24, 2.45) is 0 Å². The van der Waals surface area contributed by atoms with Crippen LogP contribution in [0.1, 0.15) is 29.7 Å². The van der Waals surface area contributed by atoms with Crippen LogP contribution >= 0.6 is 12.2 Å². The number of carbonyl (C=O) groups excluding carboxylic acids is 1. The summed E-state index contributed by atoms with van der Waals surface area (Å²) < 4.78 is 10.6. The minimum atomic E-state index is -0.354. The molecule has 6 nitrogen and oxygen atoms in total. The smallest absolute Gasteiger partial charge is 0.255 e. The number of ether oxygens (including phenoxy) is 2. The van der Waals surface area contributed by atoms with Gasteiger partial charge in [-0.2, -0.15) is 0 Å². The van der Waals surface area contributed by atoms with E-state index in [1.54, 1.807) is 32.4 Å². The Morgan fingerprint density at radius 2 is 1.79 bits per heavy atom. The van der Waals surface area contributed by atoms with Crippen LogP contribution in [0.3, 0.4) is 0 Å². The molecule has 1 unspecified atom stereocenters. The maximum atomic E-state index is 13.3. The zero-order chi connectivity index (χ0) is 21.1. The predicted octanol–water partition coefficient (Wildman–Crippen LogP) is 3.75. The van der Waals surface area contributed by atoms with Gasteiger partial charge in [-0.25, -0.2) is 0 Å². The first-order valence-corrected chi connectivity index (χ1v) is 9.63. The monoisotopic (exact) mass is 411 g/mol.